The van der Waals surface area contributed by atoms with Crippen LogP contribution in [-0.4, -0.2) is 35.9 Å². The van der Waals surface area contributed by atoms with Gasteiger partial charge in [0, 0.05) is 17.1 Å². The Morgan fingerprint density at radius 1 is 1.36 bits per heavy atom. The van der Waals surface area contributed by atoms with Crippen molar-refractivity contribution in [1.29, 1.82) is 0 Å². The summed E-state index contributed by atoms with van der Waals surface area (Å²) in [6, 6.07) is 7.53. The van der Waals surface area contributed by atoms with Crippen molar-refractivity contribution in [1.82, 2.24) is 19.5 Å². The molecule has 3 heterocycles. The number of hydrogen-bond donors (Lipinski definition) is 0. The van der Waals surface area contributed by atoms with Crippen LogP contribution in [0.5, 0.6) is 0 Å². The van der Waals surface area contributed by atoms with E-state index in [1.807, 2.05) is 28.8 Å². The first-order chi connectivity index (χ1) is 10.7. The van der Waals surface area contributed by atoms with Gasteiger partial charge in [0.15, 0.2) is 17.1 Å². The standard InChI is InChI=1S/C13H12N6O2S/c1-22(20)8-19-7-18-6-14-11(12(18)16-17-19)13-15-9-4-2-3-5-10(9)21-13/h2-6H,7-8H2,1H3. The lowest BCUT2D eigenvalue weighted by Crippen LogP contribution is -2.25. The number of benzene rings is 1. The van der Waals surface area contributed by atoms with Gasteiger partial charge in [-0.1, -0.05) is 17.4 Å². The van der Waals surface area contributed by atoms with Crippen LogP contribution < -0.4 is 0 Å². The summed E-state index contributed by atoms with van der Waals surface area (Å²) < 4.78 is 18.8. The minimum atomic E-state index is -0.972. The number of rotatable bonds is 3. The zero-order chi connectivity index (χ0) is 15.1. The monoisotopic (exact) mass is 316 g/mol. The first-order valence-corrected chi connectivity index (χ1v) is 8.31. The van der Waals surface area contributed by atoms with E-state index in [9.17, 15) is 4.21 Å². The van der Waals surface area contributed by atoms with Crippen LogP contribution in [-0.2, 0) is 17.5 Å². The molecular formula is C13H12N6O2S. The van der Waals surface area contributed by atoms with E-state index < -0.39 is 10.8 Å². The molecule has 0 amide bonds. The van der Waals surface area contributed by atoms with Crippen LogP contribution >= 0.6 is 0 Å². The highest BCUT2D eigenvalue weighted by Gasteiger charge is 2.22. The molecule has 0 saturated heterocycles. The smallest absolute Gasteiger partial charge is 0.250 e. The fourth-order valence-corrected chi connectivity index (χ4v) is 2.85. The topological polar surface area (TPSA) is 88.9 Å². The Morgan fingerprint density at radius 3 is 3.05 bits per heavy atom. The summed E-state index contributed by atoms with van der Waals surface area (Å²) in [5.74, 6) is 1.34. The van der Waals surface area contributed by atoms with Crippen molar-refractivity contribution in [3.05, 3.63) is 30.6 Å². The quantitative estimate of drug-likeness (QED) is 0.739. The minimum absolute atomic E-state index is 0.333. The minimum Gasteiger partial charge on any atom is -0.435 e. The Bertz CT molecular complexity index is 866. The highest BCUT2D eigenvalue weighted by atomic mass is 32.2. The summed E-state index contributed by atoms with van der Waals surface area (Å²) in [5, 5.41) is 9.83. The second-order valence-electron chi connectivity index (χ2n) is 4.91. The molecule has 2 aromatic heterocycles. The molecular weight excluding hydrogens is 304 g/mol. The zero-order valence-corrected chi connectivity index (χ0v) is 12.5. The maximum absolute atomic E-state index is 11.3. The summed E-state index contributed by atoms with van der Waals surface area (Å²) in [6.45, 7) is 0.450. The average molecular weight is 316 g/mol. The summed E-state index contributed by atoms with van der Waals surface area (Å²) in [4.78, 5) is 8.75. The average Bonchev–Trinajstić information content (AvgIpc) is 3.09. The Balaban J connectivity index is 1.71. The van der Waals surface area contributed by atoms with Crippen molar-refractivity contribution in [3.8, 4) is 11.6 Å². The molecule has 3 aromatic rings. The summed E-state index contributed by atoms with van der Waals surface area (Å²) in [5.41, 5.74) is 2.03. The van der Waals surface area contributed by atoms with Crippen molar-refractivity contribution in [2.24, 2.45) is 10.3 Å². The first kappa shape index (κ1) is 13.1. The molecule has 9 heteroatoms. The summed E-state index contributed by atoms with van der Waals surface area (Å²) >= 11 is 0. The number of imidazole rings is 1. The van der Waals surface area contributed by atoms with E-state index in [4.69, 9.17) is 4.42 Å². The molecule has 112 valence electrons. The molecule has 4 rings (SSSR count). The van der Waals surface area contributed by atoms with Gasteiger partial charge in [-0.2, -0.15) is 0 Å². The van der Waals surface area contributed by atoms with Crippen LogP contribution in [0.2, 0.25) is 0 Å². The molecule has 1 aliphatic heterocycles. The second kappa shape index (κ2) is 5.02. The van der Waals surface area contributed by atoms with Gasteiger partial charge in [-0.05, 0) is 12.1 Å². The van der Waals surface area contributed by atoms with Gasteiger partial charge in [-0.25, -0.2) is 15.0 Å². The number of fused-ring (bicyclic) bond motifs is 2. The second-order valence-corrected chi connectivity index (χ2v) is 6.32. The van der Waals surface area contributed by atoms with Gasteiger partial charge in [-0.3, -0.25) is 8.78 Å². The van der Waals surface area contributed by atoms with Crippen LogP contribution in [0, 0.1) is 0 Å². The third-order valence-electron chi connectivity index (χ3n) is 3.22. The molecule has 1 aromatic carbocycles. The van der Waals surface area contributed by atoms with Crippen molar-refractivity contribution in [3.63, 3.8) is 0 Å². The van der Waals surface area contributed by atoms with Gasteiger partial charge < -0.3 is 4.42 Å². The molecule has 1 aliphatic rings. The van der Waals surface area contributed by atoms with Crippen LogP contribution in [0.3, 0.4) is 0 Å². The third kappa shape index (κ3) is 2.19. The Hall–Kier alpha value is -2.55. The zero-order valence-electron chi connectivity index (χ0n) is 11.7. The lowest BCUT2D eigenvalue weighted by Gasteiger charge is -2.20. The highest BCUT2D eigenvalue weighted by Crippen LogP contribution is 2.33. The number of aromatic nitrogens is 3. The maximum atomic E-state index is 11.3. The first-order valence-electron chi connectivity index (χ1n) is 6.58. The molecule has 0 aliphatic carbocycles. The van der Waals surface area contributed by atoms with Crippen LogP contribution in [0.4, 0.5) is 5.82 Å². The maximum Gasteiger partial charge on any atom is 0.250 e. The molecule has 0 fully saturated rings. The highest BCUT2D eigenvalue weighted by molar-refractivity contribution is 7.84. The fourth-order valence-electron chi connectivity index (χ4n) is 2.29. The number of hydrogen-bond acceptors (Lipinski definition) is 7. The molecule has 1 unspecified atom stereocenters. The normalized spacial score (nSPS) is 15.2. The lowest BCUT2D eigenvalue weighted by molar-refractivity contribution is 0.235. The Labute approximate surface area is 127 Å². The van der Waals surface area contributed by atoms with Crippen LogP contribution in [0.15, 0.2) is 45.3 Å². The predicted molar refractivity (Wildman–Crippen MR) is 80.5 cm³/mol. The van der Waals surface area contributed by atoms with Crippen molar-refractivity contribution < 1.29 is 8.63 Å². The van der Waals surface area contributed by atoms with E-state index in [1.54, 1.807) is 17.6 Å². The van der Waals surface area contributed by atoms with Crippen molar-refractivity contribution in [2.75, 3.05) is 12.1 Å². The van der Waals surface area contributed by atoms with Gasteiger partial charge in [0.2, 0.25) is 5.89 Å². The molecule has 0 radical (unpaired) electrons. The number of nitrogens with zero attached hydrogens (tertiary/aromatic N) is 6. The predicted octanol–water partition coefficient (Wildman–Crippen LogP) is 2.30. The van der Waals surface area contributed by atoms with Crippen molar-refractivity contribution >= 4 is 27.7 Å². The molecule has 0 saturated carbocycles. The Morgan fingerprint density at radius 2 is 2.23 bits per heavy atom. The lowest BCUT2D eigenvalue weighted by atomic mass is 10.3. The van der Waals surface area contributed by atoms with Gasteiger partial charge in [0.25, 0.3) is 0 Å². The molecule has 8 nitrogen and oxygen atoms in total. The molecule has 0 bridgehead atoms. The van der Waals surface area contributed by atoms with Crippen LogP contribution in [0.25, 0.3) is 22.7 Å². The van der Waals surface area contributed by atoms with E-state index in [-0.39, 0.29) is 0 Å². The fraction of sp³-hybridized carbons (Fsp3) is 0.231. The molecule has 1 atom stereocenters. The van der Waals surface area contributed by atoms with E-state index >= 15 is 0 Å². The molecule has 0 spiro atoms. The van der Waals surface area contributed by atoms with E-state index in [0.29, 0.717) is 35.5 Å². The van der Waals surface area contributed by atoms with Gasteiger partial charge in [0.05, 0.1) is 6.33 Å². The van der Waals surface area contributed by atoms with Gasteiger partial charge in [0.1, 0.15) is 18.1 Å². The molecule has 22 heavy (non-hydrogen) atoms. The summed E-state index contributed by atoms with van der Waals surface area (Å²) in [7, 11) is -0.972. The van der Waals surface area contributed by atoms with E-state index in [2.05, 4.69) is 20.3 Å². The third-order valence-corrected chi connectivity index (χ3v) is 3.88. The summed E-state index contributed by atoms with van der Waals surface area (Å²) in [6.07, 6.45) is 3.28. The number of para-hydroxylation sites is 2. The van der Waals surface area contributed by atoms with Gasteiger partial charge in [-0.15, -0.1) is 5.11 Å². The van der Waals surface area contributed by atoms with Crippen molar-refractivity contribution in [2.45, 2.75) is 6.67 Å². The number of oxazole rings is 1. The van der Waals surface area contributed by atoms with E-state index in [0.717, 1.165) is 5.52 Å². The van der Waals surface area contributed by atoms with E-state index in [1.165, 1.54) is 0 Å². The Kier molecular flexibility index (Phi) is 3.00. The SMILES string of the molecule is CS(=O)CN1Cn2cnc(-c3nc4ccccc4o3)c2N=N1. The largest absolute Gasteiger partial charge is 0.435 e. The van der Waals surface area contributed by atoms with Gasteiger partial charge >= 0.3 is 0 Å². The van der Waals surface area contributed by atoms with Crippen LogP contribution in [0.1, 0.15) is 0 Å². The molecule has 0 N–H and O–H groups in total.